The molecular formula is C21H28N4O3. The third-order valence-corrected chi connectivity index (χ3v) is 5.29. The second-order valence-corrected chi connectivity index (χ2v) is 7.06. The van der Waals surface area contributed by atoms with Gasteiger partial charge >= 0.3 is 0 Å². The number of nitrogens with zero attached hydrogens (tertiary/aromatic N) is 4. The van der Waals surface area contributed by atoms with E-state index in [-0.39, 0.29) is 5.91 Å². The molecule has 0 saturated carbocycles. The van der Waals surface area contributed by atoms with Crippen LogP contribution in [-0.4, -0.2) is 72.6 Å². The van der Waals surface area contributed by atoms with Gasteiger partial charge in [-0.25, -0.2) is 4.98 Å². The molecule has 1 fully saturated rings. The highest BCUT2D eigenvalue weighted by Gasteiger charge is 2.27. The Morgan fingerprint density at radius 2 is 2.07 bits per heavy atom. The fraction of sp³-hybridized carbons (Fsp3) is 0.476. The first-order valence-corrected chi connectivity index (χ1v) is 9.58. The molecule has 0 radical (unpaired) electrons. The predicted molar refractivity (Wildman–Crippen MR) is 107 cm³/mol. The standard InChI is InChI=1S/C21H28N4O3/c1-24(12-8-16-6-7-19(27-2)20(13-16)28-3)17-5-4-11-25(15-17)21(26)18-14-22-9-10-23-18/h6-7,9-10,13-14,17H,4-5,8,11-12,15H2,1-3H3/t17-/m0/s1. The van der Waals surface area contributed by atoms with E-state index in [4.69, 9.17) is 9.47 Å². The van der Waals surface area contributed by atoms with Gasteiger partial charge in [-0.2, -0.15) is 0 Å². The zero-order valence-electron chi connectivity index (χ0n) is 16.8. The number of carbonyl (C=O) groups is 1. The molecule has 0 bridgehead atoms. The maximum Gasteiger partial charge on any atom is 0.274 e. The number of likely N-dealkylation sites (N-methyl/N-ethyl adjacent to an activating group) is 1. The van der Waals surface area contributed by atoms with Gasteiger partial charge in [0.1, 0.15) is 5.69 Å². The lowest BCUT2D eigenvalue weighted by Gasteiger charge is -2.37. The van der Waals surface area contributed by atoms with E-state index in [1.807, 2.05) is 17.0 Å². The zero-order chi connectivity index (χ0) is 19.9. The largest absolute Gasteiger partial charge is 0.493 e. The van der Waals surface area contributed by atoms with Crippen molar-refractivity contribution in [3.05, 3.63) is 48.0 Å². The van der Waals surface area contributed by atoms with Crippen molar-refractivity contribution in [2.45, 2.75) is 25.3 Å². The van der Waals surface area contributed by atoms with E-state index in [9.17, 15) is 4.79 Å². The zero-order valence-corrected chi connectivity index (χ0v) is 16.8. The SMILES string of the molecule is COc1ccc(CCN(C)[C@H]2CCCN(C(=O)c3cnccn3)C2)cc1OC. The van der Waals surface area contributed by atoms with Crippen LogP contribution in [-0.2, 0) is 6.42 Å². The van der Waals surface area contributed by atoms with Crippen molar-refractivity contribution in [1.82, 2.24) is 19.8 Å². The second kappa shape index (κ2) is 9.50. The van der Waals surface area contributed by atoms with E-state index in [2.05, 4.69) is 28.0 Å². The lowest BCUT2D eigenvalue weighted by molar-refractivity contribution is 0.0605. The summed E-state index contributed by atoms with van der Waals surface area (Å²) in [7, 11) is 5.42. The topological polar surface area (TPSA) is 67.8 Å². The van der Waals surface area contributed by atoms with Crippen LogP contribution in [0.25, 0.3) is 0 Å². The molecule has 1 saturated heterocycles. The Labute approximate surface area is 166 Å². The number of aromatic nitrogens is 2. The lowest BCUT2D eigenvalue weighted by atomic mass is 10.0. The molecule has 0 aliphatic carbocycles. The molecule has 1 aromatic heterocycles. The van der Waals surface area contributed by atoms with Crippen LogP contribution in [0.2, 0.25) is 0 Å². The lowest BCUT2D eigenvalue weighted by Crippen LogP contribution is -2.49. The Hall–Kier alpha value is -2.67. The average molecular weight is 384 g/mol. The molecule has 7 nitrogen and oxygen atoms in total. The van der Waals surface area contributed by atoms with E-state index in [1.54, 1.807) is 26.6 Å². The second-order valence-electron chi connectivity index (χ2n) is 7.06. The van der Waals surface area contributed by atoms with Crippen molar-refractivity contribution in [3.63, 3.8) is 0 Å². The first kappa shape index (κ1) is 20.1. The molecule has 1 aliphatic rings. The first-order valence-electron chi connectivity index (χ1n) is 9.58. The van der Waals surface area contributed by atoms with Crippen molar-refractivity contribution in [2.75, 3.05) is 40.9 Å². The molecule has 7 heteroatoms. The number of rotatable bonds is 7. The Balaban J connectivity index is 1.57. The fourth-order valence-electron chi connectivity index (χ4n) is 3.59. The summed E-state index contributed by atoms with van der Waals surface area (Å²) in [6.07, 6.45) is 7.67. The fourth-order valence-corrected chi connectivity index (χ4v) is 3.59. The summed E-state index contributed by atoms with van der Waals surface area (Å²) >= 11 is 0. The minimum Gasteiger partial charge on any atom is -0.493 e. The molecule has 1 atom stereocenters. The molecule has 28 heavy (non-hydrogen) atoms. The summed E-state index contributed by atoms with van der Waals surface area (Å²) in [4.78, 5) is 25.0. The van der Waals surface area contributed by atoms with Gasteiger partial charge in [0.15, 0.2) is 11.5 Å². The molecule has 3 rings (SSSR count). The molecule has 2 aromatic rings. The Bertz CT molecular complexity index is 784. The van der Waals surface area contributed by atoms with Gasteiger partial charge in [-0.1, -0.05) is 6.07 Å². The smallest absolute Gasteiger partial charge is 0.274 e. The van der Waals surface area contributed by atoms with Crippen molar-refractivity contribution in [3.8, 4) is 11.5 Å². The molecule has 2 heterocycles. The number of hydrogen-bond acceptors (Lipinski definition) is 6. The van der Waals surface area contributed by atoms with Gasteiger partial charge in [0, 0.05) is 38.1 Å². The highest BCUT2D eigenvalue weighted by Crippen LogP contribution is 2.28. The Morgan fingerprint density at radius 3 is 2.79 bits per heavy atom. The van der Waals surface area contributed by atoms with Crippen LogP contribution in [0.4, 0.5) is 0 Å². The highest BCUT2D eigenvalue weighted by atomic mass is 16.5. The molecule has 0 N–H and O–H groups in total. The minimum atomic E-state index is -0.0360. The van der Waals surface area contributed by atoms with Gasteiger partial charge < -0.3 is 19.3 Å². The third-order valence-electron chi connectivity index (χ3n) is 5.29. The predicted octanol–water partition coefficient (Wildman–Crippen LogP) is 2.27. The highest BCUT2D eigenvalue weighted by molar-refractivity contribution is 5.92. The Morgan fingerprint density at radius 1 is 1.25 bits per heavy atom. The molecule has 1 aromatic carbocycles. The minimum absolute atomic E-state index is 0.0360. The van der Waals surface area contributed by atoms with Crippen molar-refractivity contribution in [2.24, 2.45) is 0 Å². The molecular weight excluding hydrogens is 356 g/mol. The maximum absolute atomic E-state index is 12.7. The summed E-state index contributed by atoms with van der Waals surface area (Å²) in [5, 5.41) is 0. The number of likely N-dealkylation sites (tertiary alicyclic amines) is 1. The van der Waals surface area contributed by atoms with Crippen LogP contribution in [0.3, 0.4) is 0 Å². The number of carbonyl (C=O) groups excluding carboxylic acids is 1. The van der Waals surface area contributed by atoms with Crippen LogP contribution in [0.1, 0.15) is 28.9 Å². The first-order chi connectivity index (χ1) is 13.6. The summed E-state index contributed by atoms with van der Waals surface area (Å²) in [5.74, 6) is 1.46. The number of benzene rings is 1. The van der Waals surface area contributed by atoms with Gasteiger partial charge in [0.05, 0.1) is 20.4 Å². The van der Waals surface area contributed by atoms with E-state index >= 15 is 0 Å². The molecule has 150 valence electrons. The van der Waals surface area contributed by atoms with Crippen LogP contribution >= 0.6 is 0 Å². The summed E-state index contributed by atoms with van der Waals surface area (Å²) < 4.78 is 10.7. The quantitative estimate of drug-likeness (QED) is 0.730. The number of hydrogen-bond donors (Lipinski definition) is 0. The van der Waals surface area contributed by atoms with Crippen molar-refractivity contribution < 1.29 is 14.3 Å². The molecule has 0 unspecified atom stereocenters. The van der Waals surface area contributed by atoms with Crippen LogP contribution in [0.5, 0.6) is 11.5 Å². The van der Waals surface area contributed by atoms with Gasteiger partial charge in [-0.3, -0.25) is 9.78 Å². The van der Waals surface area contributed by atoms with Crippen molar-refractivity contribution in [1.29, 1.82) is 0 Å². The van der Waals surface area contributed by atoms with Crippen LogP contribution in [0, 0.1) is 0 Å². The maximum atomic E-state index is 12.7. The monoisotopic (exact) mass is 384 g/mol. The molecule has 0 spiro atoms. The van der Waals surface area contributed by atoms with Gasteiger partial charge in [-0.05, 0) is 44.0 Å². The van der Waals surface area contributed by atoms with Gasteiger partial charge in [0.25, 0.3) is 5.91 Å². The normalized spacial score (nSPS) is 16.9. The summed E-state index contributed by atoms with van der Waals surface area (Å²) in [5.41, 5.74) is 1.61. The third kappa shape index (κ3) is 4.78. The average Bonchev–Trinajstić information content (AvgIpc) is 2.77. The summed E-state index contributed by atoms with van der Waals surface area (Å²) in [6.45, 7) is 2.40. The Kier molecular flexibility index (Phi) is 6.81. The van der Waals surface area contributed by atoms with E-state index in [0.717, 1.165) is 50.4 Å². The number of piperidine rings is 1. The van der Waals surface area contributed by atoms with E-state index in [1.165, 1.54) is 11.8 Å². The van der Waals surface area contributed by atoms with Gasteiger partial charge in [0.2, 0.25) is 0 Å². The van der Waals surface area contributed by atoms with E-state index < -0.39 is 0 Å². The van der Waals surface area contributed by atoms with Gasteiger partial charge in [-0.15, -0.1) is 0 Å². The molecule has 1 amide bonds. The van der Waals surface area contributed by atoms with Crippen LogP contribution in [0.15, 0.2) is 36.8 Å². The number of amides is 1. The number of ether oxygens (including phenoxy) is 2. The van der Waals surface area contributed by atoms with E-state index in [0.29, 0.717) is 11.7 Å². The van der Waals surface area contributed by atoms with Crippen molar-refractivity contribution >= 4 is 5.91 Å². The summed E-state index contributed by atoms with van der Waals surface area (Å²) in [6, 6.07) is 6.38. The van der Waals surface area contributed by atoms with Crippen LogP contribution < -0.4 is 9.47 Å². The molecule has 1 aliphatic heterocycles. The number of methoxy groups -OCH3 is 2.